The lowest BCUT2D eigenvalue weighted by molar-refractivity contribution is 0.0252. The van der Waals surface area contributed by atoms with Gasteiger partial charge in [-0.1, -0.05) is 0 Å². The van der Waals surface area contributed by atoms with Gasteiger partial charge in [-0.2, -0.15) is 0 Å². The first-order chi connectivity index (χ1) is 5.90. The first kappa shape index (κ1) is 10.7. The fraction of sp³-hybridized carbons (Fsp3) is 0.889. The lowest BCUT2D eigenvalue weighted by atomic mass is 10.2. The highest BCUT2D eigenvalue weighted by atomic mass is 32.2. The minimum Gasteiger partial charge on any atom is -0.444 e. The van der Waals surface area contributed by atoms with Crippen molar-refractivity contribution in [1.29, 1.82) is 0 Å². The third-order valence-electron chi connectivity index (χ3n) is 1.75. The molecule has 1 saturated heterocycles. The Morgan fingerprint density at radius 2 is 2.15 bits per heavy atom. The van der Waals surface area contributed by atoms with Gasteiger partial charge in [-0.25, -0.2) is 4.79 Å². The van der Waals surface area contributed by atoms with Crippen LogP contribution in [0.4, 0.5) is 4.79 Å². The van der Waals surface area contributed by atoms with Gasteiger partial charge in [-0.05, 0) is 27.7 Å². The Hall–Kier alpha value is -0.380. The van der Waals surface area contributed by atoms with E-state index in [1.165, 1.54) is 0 Å². The van der Waals surface area contributed by atoms with Gasteiger partial charge in [0.05, 0.1) is 5.88 Å². The number of thioether (sulfide) groups is 1. The van der Waals surface area contributed by atoms with Crippen LogP contribution in [0.1, 0.15) is 27.7 Å². The number of carbonyl (C=O) groups excluding carboxylic acids is 1. The van der Waals surface area contributed by atoms with Gasteiger partial charge in [0.15, 0.2) is 0 Å². The molecule has 0 aliphatic carbocycles. The fourth-order valence-electron chi connectivity index (χ4n) is 1.09. The van der Waals surface area contributed by atoms with Crippen molar-refractivity contribution in [2.24, 2.45) is 0 Å². The average Bonchev–Trinajstić information content (AvgIpc) is 2.30. The molecule has 13 heavy (non-hydrogen) atoms. The maximum absolute atomic E-state index is 11.6. The number of carbonyl (C=O) groups is 1. The summed E-state index contributed by atoms with van der Waals surface area (Å²) in [7, 11) is 0. The summed E-state index contributed by atoms with van der Waals surface area (Å²) < 4.78 is 5.27. The summed E-state index contributed by atoms with van der Waals surface area (Å²) in [4.78, 5) is 13.3. The first-order valence-electron chi connectivity index (χ1n) is 4.47. The number of amides is 1. The molecule has 0 aromatic rings. The lowest BCUT2D eigenvalue weighted by Gasteiger charge is -2.26. The van der Waals surface area contributed by atoms with Crippen molar-refractivity contribution in [1.82, 2.24) is 4.90 Å². The Morgan fingerprint density at radius 3 is 2.54 bits per heavy atom. The molecular weight excluding hydrogens is 186 g/mol. The van der Waals surface area contributed by atoms with Crippen LogP contribution in [-0.4, -0.2) is 34.3 Å². The third kappa shape index (κ3) is 3.10. The van der Waals surface area contributed by atoms with Gasteiger partial charge < -0.3 is 4.74 Å². The van der Waals surface area contributed by atoms with E-state index in [0.717, 1.165) is 11.6 Å². The maximum atomic E-state index is 11.6. The van der Waals surface area contributed by atoms with Crippen molar-refractivity contribution in [2.75, 3.05) is 11.6 Å². The number of hydrogen-bond donors (Lipinski definition) is 0. The van der Waals surface area contributed by atoms with Gasteiger partial charge in [0.25, 0.3) is 0 Å². The monoisotopic (exact) mass is 203 g/mol. The summed E-state index contributed by atoms with van der Waals surface area (Å²) in [6.45, 7) is 7.71. The lowest BCUT2D eigenvalue weighted by Crippen LogP contribution is -2.39. The van der Waals surface area contributed by atoms with Crippen molar-refractivity contribution < 1.29 is 9.53 Å². The summed E-state index contributed by atoms with van der Waals surface area (Å²) in [5, 5.41) is 0. The van der Waals surface area contributed by atoms with E-state index in [2.05, 4.69) is 0 Å². The van der Waals surface area contributed by atoms with Gasteiger partial charge >= 0.3 is 6.09 Å². The summed E-state index contributed by atoms with van der Waals surface area (Å²) in [5.74, 6) is 1.77. The molecular formula is C9H17NO2S. The van der Waals surface area contributed by atoms with Crippen molar-refractivity contribution >= 4 is 17.9 Å². The SMILES string of the molecule is C[C@H]1CSCN1C(=O)OC(C)(C)C. The summed E-state index contributed by atoms with van der Waals surface area (Å²) in [6.07, 6.45) is -0.190. The topological polar surface area (TPSA) is 29.5 Å². The van der Waals surface area contributed by atoms with Crippen LogP contribution in [0.15, 0.2) is 0 Å². The van der Waals surface area contributed by atoms with E-state index < -0.39 is 0 Å². The minimum atomic E-state index is -0.385. The first-order valence-corrected chi connectivity index (χ1v) is 5.63. The van der Waals surface area contributed by atoms with Crippen LogP contribution in [0.5, 0.6) is 0 Å². The zero-order valence-corrected chi connectivity index (χ0v) is 9.48. The Kier molecular flexibility index (Phi) is 3.11. The molecule has 0 unspecified atom stereocenters. The molecule has 1 aliphatic heterocycles. The largest absolute Gasteiger partial charge is 0.444 e. The molecule has 0 aromatic heterocycles. The van der Waals surface area contributed by atoms with Crippen molar-refractivity contribution in [3.05, 3.63) is 0 Å². The molecule has 0 saturated carbocycles. The summed E-state index contributed by atoms with van der Waals surface area (Å²) >= 11 is 1.77. The quantitative estimate of drug-likeness (QED) is 0.605. The van der Waals surface area contributed by atoms with Crippen LogP contribution in [0.25, 0.3) is 0 Å². The molecule has 1 fully saturated rings. The highest BCUT2D eigenvalue weighted by Crippen LogP contribution is 2.22. The average molecular weight is 203 g/mol. The summed E-state index contributed by atoms with van der Waals surface area (Å²) in [5.41, 5.74) is -0.385. The standard InChI is InChI=1S/C9H17NO2S/c1-7-5-13-6-10(7)8(11)12-9(2,3)4/h7H,5-6H2,1-4H3/t7-/m0/s1. The highest BCUT2D eigenvalue weighted by Gasteiger charge is 2.29. The molecule has 0 N–H and O–H groups in total. The smallest absolute Gasteiger partial charge is 0.411 e. The molecule has 0 aromatic carbocycles. The molecule has 0 spiro atoms. The predicted molar refractivity (Wildman–Crippen MR) is 54.9 cm³/mol. The highest BCUT2D eigenvalue weighted by molar-refractivity contribution is 7.99. The van der Waals surface area contributed by atoms with Crippen LogP contribution in [0.3, 0.4) is 0 Å². The second-order valence-electron chi connectivity index (χ2n) is 4.30. The number of ether oxygens (including phenoxy) is 1. The molecule has 4 heteroatoms. The second kappa shape index (κ2) is 3.78. The Labute approximate surface area is 83.8 Å². The van der Waals surface area contributed by atoms with E-state index in [0.29, 0.717) is 6.04 Å². The van der Waals surface area contributed by atoms with Crippen molar-refractivity contribution in [3.63, 3.8) is 0 Å². The molecule has 0 radical (unpaired) electrons. The van der Waals surface area contributed by atoms with Gasteiger partial charge in [-0.3, -0.25) is 4.90 Å². The zero-order valence-electron chi connectivity index (χ0n) is 8.66. The fourth-order valence-corrected chi connectivity index (χ4v) is 2.28. The van der Waals surface area contributed by atoms with Gasteiger partial charge in [-0.15, -0.1) is 11.8 Å². The van der Waals surface area contributed by atoms with Crippen LogP contribution < -0.4 is 0 Å². The minimum absolute atomic E-state index is 0.190. The molecule has 1 aliphatic rings. The molecule has 1 amide bonds. The van der Waals surface area contributed by atoms with Crippen LogP contribution in [-0.2, 0) is 4.74 Å². The normalized spacial score (nSPS) is 23.4. The molecule has 76 valence electrons. The molecule has 1 heterocycles. The maximum Gasteiger partial charge on any atom is 0.411 e. The van der Waals surface area contributed by atoms with Gasteiger partial charge in [0, 0.05) is 11.8 Å². The summed E-state index contributed by atoms with van der Waals surface area (Å²) in [6, 6.07) is 0.305. The molecule has 0 bridgehead atoms. The van der Waals surface area contributed by atoms with Crippen LogP contribution >= 0.6 is 11.8 Å². The van der Waals surface area contributed by atoms with E-state index in [1.54, 1.807) is 16.7 Å². The van der Waals surface area contributed by atoms with E-state index >= 15 is 0 Å². The second-order valence-corrected chi connectivity index (χ2v) is 5.30. The van der Waals surface area contributed by atoms with Gasteiger partial charge in [0.2, 0.25) is 0 Å². The number of rotatable bonds is 0. The Bertz CT molecular complexity index is 200. The number of nitrogens with zero attached hydrogens (tertiary/aromatic N) is 1. The van der Waals surface area contributed by atoms with Crippen molar-refractivity contribution in [2.45, 2.75) is 39.3 Å². The zero-order chi connectivity index (χ0) is 10.1. The van der Waals surface area contributed by atoms with E-state index in [-0.39, 0.29) is 11.7 Å². The van der Waals surface area contributed by atoms with Crippen LogP contribution in [0, 0.1) is 0 Å². The van der Waals surface area contributed by atoms with E-state index in [4.69, 9.17) is 4.74 Å². The van der Waals surface area contributed by atoms with Crippen LogP contribution in [0.2, 0.25) is 0 Å². The third-order valence-corrected chi connectivity index (χ3v) is 2.93. The predicted octanol–water partition coefficient (Wildman–Crippen LogP) is 2.32. The molecule has 1 atom stereocenters. The Morgan fingerprint density at radius 1 is 1.54 bits per heavy atom. The van der Waals surface area contributed by atoms with E-state index in [9.17, 15) is 4.79 Å². The number of hydrogen-bond acceptors (Lipinski definition) is 3. The molecule has 3 nitrogen and oxygen atoms in total. The van der Waals surface area contributed by atoms with Gasteiger partial charge in [0.1, 0.15) is 5.60 Å². The molecule has 1 rings (SSSR count). The van der Waals surface area contributed by atoms with E-state index in [1.807, 2.05) is 27.7 Å². The van der Waals surface area contributed by atoms with Crippen molar-refractivity contribution in [3.8, 4) is 0 Å². The Balaban J connectivity index is 2.48.